The molecule has 1 aromatic carbocycles. The lowest BCUT2D eigenvalue weighted by Gasteiger charge is -2.43. The first-order valence-corrected chi connectivity index (χ1v) is 10.7. The van der Waals surface area contributed by atoms with Crippen LogP contribution in [0.2, 0.25) is 0 Å². The van der Waals surface area contributed by atoms with Crippen molar-refractivity contribution in [3.8, 4) is 5.75 Å². The number of anilines is 1. The third-order valence-electron chi connectivity index (χ3n) is 6.49. The minimum absolute atomic E-state index is 0.0976. The molecule has 1 fully saturated rings. The lowest BCUT2D eigenvalue weighted by molar-refractivity contribution is -0.0135. The zero-order valence-corrected chi connectivity index (χ0v) is 18.3. The monoisotopic (exact) mass is 394 g/mol. The zero-order valence-electron chi connectivity index (χ0n) is 18.3. The van der Waals surface area contributed by atoms with Crippen LogP contribution >= 0.6 is 0 Å². The second-order valence-corrected chi connectivity index (χ2v) is 9.11. The predicted octanol–water partition coefficient (Wildman–Crippen LogP) is 3.79. The van der Waals surface area contributed by atoms with Crippen LogP contribution in [-0.2, 0) is 13.1 Å². The minimum Gasteiger partial charge on any atom is -0.486 e. The van der Waals surface area contributed by atoms with Crippen molar-refractivity contribution in [1.82, 2.24) is 14.8 Å². The summed E-state index contributed by atoms with van der Waals surface area (Å²) >= 11 is 0. The Kier molecular flexibility index (Phi) is 5.79. The van der Waals surface area contributed by atoms with Gasteiger partial charge >= 0.3 is 0 Å². The Bertz CT molecular complexity index is 827. The van der Waals surface area contributed by atoms with Gasteiger partial charge in [-0.1, -0.05) is 24.3 Å². The molecule has 156 valence electrons. The van der Waals surface area contributed by atoms with E-state index in [0.717, 1.165) is 44.0 Å². The summed E-state index contributed by atoms with van der Waals surface area (Å²) in [6, 6.07) is 13.5. The molecule has 1 aromatic heterocycles. The van der Waals surface area contributed by atoms with E-state index in [1.807, 2.05) is 12.3 Å². The average Bonchev–Trinajstić information content (AvgIpc) is 2.84. The number of nitrogens with zero attached hydrogens (tertiary/aromatic N) is 4. The molecule has 0 amide bonds. The maximum Gasteiger partial charge on any atom is 0.132 e. The molecule has 5 nitrogen and oxygen atoms in total. The van der Waals surface area contributed by atoms with E-state index in [9.17, 15) is 0 Å². The number of hydrogen-bond donors (Lipinski definition) is 0. The first-order valence-electron chi connectivity index (χ1n) is 10.7. The Morgan fingerprint density at radius 3 is 2.55 bits per heavy atom. The molecule has 1 aliphatic heterocycles. The molecule has 4 rings (SSSR count). The zero-order chi connectivity index (χ0) is 20.4. The maximum absolute atomic E-state index is 6.77. The number of hydrogen-bond acceptors (Lipinski definition) is 5. The van der Waals surface area contributed by atoms with Crippen LogP contribution in [0.4, 0.5) is 5.82 Å². The number of fused-ring (bicyclic) bond motifs is 1. The van der Waals surface area contributed by atoms with Gasteiger partial charge < -0.3 is 14.5 Å². The molecule has 0 unspecified atom stereocenters. The lowest BCUT2D eigenvalue weighted by atomic mass is 9.81. The summed E-state index contributed by atoms with van der Waals surface area (Å²) in [5, 5.41) is 0. The molecule has 1 spiro atoms. The maximum atomic E-state index is 6.77. The van der Waals surface area contributed by atoms with E-state index in [4.69, 9.17) is 4.74 Å². The Morgan fingerprint density at radius 2 is 1.83 bits per heavy atom. The third-order valence-corrected chi connectivity index (χ3v) is 6.49. The first-order chi connectivity index (χ1) is 14.0. The normalized spacial score (nSPS) is 24.8. The molecule has 2 aromatic rings. The van der Waals surface area contributed by atoms with E-state index in [0.29, 0.717) is 6.04 Å². The number of rotatable bonds is 4. The molecule has 0 N–H and O–H groups in total. The third kappa shape index (κ3) is 4.41. The van der Waals surface area contributed by atoms with Gasteiger partial charge in [0.2, 0.25) is 0 Å². The fraction of sp³-hybridized carbons (Fsp3) is 0.542. The smallest absolute Gasteiger partial charge is 0.132 e. The molecule has 2 heterocycles. The van der Waals surface area contributed by atoms with Gasteiger partial charge in [0.05, 0.1) is 0 Å². The summed E-state index contributed by atoms with van der Waals surface area (Å²) in [6.07, 6.45) is 6.48. The Labute approximate surface area is 175 Å². The Hall–Kier alpha value is -2.11. The average molecular weight is 395 g/mol. The van der Waals surface area contributed by atoms with E-state index < -0.39 is 0 Å². The second-order valence-electron chi connectivity index (χ2n) is 9.11. The van der Waals surface area contributed by atoms with E-state index in [2.05, 4.69) is 78.2 Å². The fourth-order valence-electron chi connectivity index (χ4n) is 4.92. The van der Waals surface area contributed by atoms with Crippen molar-refractivity contribution in [3.63, 3.8) is 0 Å². The van der Waals surface area contributed by atoms with Crippen molar-refractivity contribution in [2.45, 2.75) is 50.4 Å². The van der Waals surface area contributed by atoms with Crippen LogP contribution in [0, 0.1) is 0 Å². The first kappa shape index (κ1) is 20.2. The van der Waals surface area contributed by atoms with E-state index in [1.54, 1.807) is 0 Å². The molecule has 0 radical (unpaired) electrons. The number of pyridine rings is 1. The van der Waals surface area contributed by atoms with Crippen LogP contribution in [-0.4, -0.2) is 61.2 Å². The van der Waals surface area contributed by atoms with Crippen LogP contribution in [0.25, 0.3) is 0 Å². The van der Waals surface area contributed by atoms with Gasteiger partial charge in [-0.25, -0.2) is 4.98 Å². The molecule has 5 heteroatoms. The molecular formula is C24H34N4O. The summed E-state index contributed by atoms with van der Waals surface area (Å²) in [4.78, 5) is 11.6. The van der Waals surface area contributed by atoms with Gasteiger partial charge in [-0.3, -0.25) is 4.90 Å². The van der Waals surface area contributed by atoms with E-state index in [-0.39, 0.29) is 5.60 Å². The van der Waals surface area contributed by atoms with Crippen LogP contribution in [0.15, 0.2) is 42.6 Å². The summed E-state index contributed by atoms with van der Waals surface area (Å²) in [5.41, 5.74) is 2.46. The highest BCUT2D eigenvalue weighted by Crippen LogP contribution is 2.39. The van der Waals surface area contributed by atoms with Gasteiger partial charge in [0.15, 0.2) is 0 Å². The minimum atomic E-state index is -0.0976. The topological polar surface area (TPSA) is 31.8 Å². The highest BCUT2D eigenvalue weighted by Gasteiger charge is 2.41. The van der Waals surface area contributed by atoms with Crippen LogP contribution in [0.3, 0.4) is 0 Å². The van der Waals surface area contributed by atoms with Crippen molar-refractivity contribution in [1.29, 1.82) is 0 Å². The molecule has 2 aliphatic rings. The molecule has 0 saturated heterocycles. The van der Waals surface area contributed by atoms with Crippen molar-refractivity contribution < 1.29 is 4.74 Å². The highest BCUT2D eigenvalue weighted by molar-refractivity contribution is 5.45. The fourth-order valence-corrected chi connectivity index (χ4v) is 4.92. The molecule has 0 atom stereocenters. The van der Waals surface area contributed by atoms with Gasteiger partial charge in [0, 0.05) is 57.1 Å². The van der Waals surface area contributed by atoms with Crippen LogP contribution in [0.5, 0.6) is 5.75 Å². The summed E-state index contributed by atoms with van der Waals surface area (Å²) in [6.45, 7) is 2.76. The summed E-state index contributed by atoms with van der Waals surface area (Å²) in [7, 11) is 8.53. The Balaban J connectivity index is 1.61. The number of benzene rings is 1. The van der Waals surface area contributed by atoms with Crippen molar-refractivity contribution in [3.05, 3.63) is 53.7 Å². The summed E-state index contributed by atoms with van der Waals surface area (Å²) < 4.78 is 6.77. The van der Waals surface area contributed by atoms with E-state index >= 15 is 0 Å². The predicted molar refractivity (Wildman–Crippen MR) is 118 cm³/mol. The summed E-state index contributed by atoms with van der Waals surface area (Å²) in [5.74, 6) is 2.12. The number of aromatic nitrogens is 1. The lowest BCUT2D eigenvalue weighted by Crippen LogP contribution is -2.50. The van der Waals surface area contributed by atoms with Gasteiger partial charge in [0.25, 0.3) is 0 Å². The van der Waals surface area contributed by atoms with Crippen molar-refractivity contribution >= 4 is 5.82 Å². The number of para-hydroxylation sites is 1. The molecular weight excluding hydrogens is 360 g/mol. The van der Waals surface area contributed by atoms with Gasteiger partial charge in [-0.15, -0.1) is 0 Å². The number of ether oxygens (including phenoxy) is 1. The van der Waals surface area contributed by atoms with Gasteiger partial charge in [-0.2, -0.15) is 0 Å². The SMILES string of the molecule is CN(C)c1ncccc1CN1Cc2ccccc2OC2(CCC(N(C)C)CC2)C1. The van der Waals surface area contributed by atoms with E-state index in [1.165, 1.54) is 24.0 Å². The molecule has 29 heavy (non-hydrogen) atoms. The Morgan fingerprint density at radius 1 is 1.07 bits per heavy atom. The molecule has 1 saturated carbocycles. The van der Waals surface area contributed by atoms with Gasteiger partial charge in [0.1, 0.15) is 17.2 Å². The quantitative estimate of drug-likeness (QED) is 0.788. The standard InChI is InChI=1S/C24H34N4O/c1-26(2)21-11-13-24(14-12-21)18-28(16-19-8-5-6-10-22(19)29-24)17-20-9-7-15-25-23(20)27(3)4/h5-10,15,21H,11-14,16-18H2,1-4H3. The molecule has 1 aliphatic carbocycles. The van der Waals surface area contributed by atoms with Gasteiger partial charge in [-0.05, 0) is 51.9 Å². The highest BCUT2D eigenvalue weighted by atomic mass is 16.5. The van der Waals surface area contributed by atoms with Crippen molar-refractivity contribution in [2.75, 3.05) is 39.6 Å². The van der Waals surface area contributed by atoms with Crippen molar-refractivity contribution in [2.24, 2.45) is 0 Å². The van der Waals surface area contributed by atoms with Crippen LogP contribution in [0.1, 0.15) is 36.8 Å². The second kappa shape index (κ2) is 8.33. The molecule has 0 bridgehead atoms. The largest absolute Gasteiger partial charge is 0.486 e. The van der Waals surface area contributed by atoms with Crippen LogP contribution < -0.4 is 9.64 Å².